The van der Waals surface area contributed by atoms with Crippen molar-refractivity contribution in [3.05, 3.63) is 47.0 Å². The van der Waals surface area contributed by atoms with Gasteiger partial charge in [-0.15, -0.1) is 0 Å². The minimum Gasteiger partial charge on any atom is -0.338 e. The fourth-order valence-electron chi connectivity index (χ4n) is 4.30. The third-order valence-corrected chi connectivity index (χ3v) is 6.22. The van der Waals surface area contributed by atoms with Crippen LogP contribution >= 0.6 is 11.6 Å². The molecular weight excluding hydrogens is 378 g/mol. The summed E-state index contributed by atoms with van der Waals surface area (Å²) in [6.07, 6.45) is 8.43. The van der Waals surface area contributed by atoms with Crippen LogP contribution in [0, 0.1) is 5.41 Å². The summed E-state index contributed by atoms with van der Waals surface area (Å²) in [6.45, 7) is 2.68. The molecule has 0 atom stereocenters. The molecule has 0 unspecified atom stereocenters. The molecule has 0 saturated carbocycles. The van der Waals surface area contributed by atoms with Crippen molar-refractivity contribution in [2.45, 2.75) is 32.2 Å². The predicted octanol–water partition coefficient (Wildman–Crippen LogP) is 2.51. The molecule has 4 rings (SSSR count). The Kier molecular flexibility index (Phi) is 5.10. The van der Waals surface area contributed by atoms with Crippen molar-refractivity contribution >= 4 is 23.4 Å². The zero-order valence-electron chi connectivity index (χ0n) is 16.0. The number of hydrogen-bond acceptors (Lipinski definition) is 4. The minimum absolute atomic E-state index is 0.0841. The van der Waals surface area contributed by atoms with Crippen LogP contribution in [0.1, 0.15) is 41.7 Å². The van der Waals surface area contributed by atoms with Gasteiger partial charge in [-0.2, -0.15) is 5.10 Å². The number of carbonyl (C=O) groups is 2. The fraction of sp³-hybridized carbons (Fsp3) is 0.500. The number of halogens is 1. The van der Waals surface area contributed by atoms with Gasteiger partial charge in [0.1, 0.15) is 0 Å². The van der Waals surface area contributed by atoms with Crippen molar-refractivity contribution in [3.8, 4) is 0 Å². The largest absolute Gasteiger partial charge is 0.338 e. The molecule has 2 amide bonds. The molecule has 4 heterocycles. The van der Waals surface area contributed by atoms with Crippen LogP contribution in [0.25, 0.3) is 0 Å². The Morgan fingerprint density at radius 1 is 1.29 bits per heavy atom. The van der Waals surface area contributed by atoms with Crippen molar-refractivity contribution in [3.63, 3.8) is 0 Å². The van der Waals surface area contributed by atoms with E-state index in [1.54, 1.807) is 24.1 Å². The Morgan fingerprint density at radius 3 is 2.71 bits per heavy atom. The Morgan fingerprint density at radius 2 is 2.07 bits per heavy atom. The van der Waals surface area contributed by atoms with E-state index in [9.17, 15) is 9.59 Å². The highest BCUT2D eigenvalue weighted by atomic mass is 35.5. The number of aryl methyl sites for hydroxylation is 1. The molecule has 2 aromatic rings. The third-order valence-electron chi connectivity index (χ3n) is 5.94. The van der Waals surface area contributed by atoms with Crippen LogP contribution < -0.4 is 0 Å². The molecule has 0 N–H and O–H groups in total. The Bertz CT molecular complexity index is 874. The van der Waals surface area contributed by atoms with Gasteiger partial charge < -0.3 is 9.80 Å². The smallest absolute Gasteiger partial charge is 0.275 e. The lowest BCUT2D eigenvalue weighted by atomic mass is 9.72. The first-order valence-electron chi connectivity index (χ1n) is 9.61. The lowest BCUT2D eigenvalue weighted by Gasteiger charge is -2.47. The van der Waals surface area contributed by atoms with Gasteiger partial charge in [0, 0.05) is 58.2 Å². The number of pyridine rings is 1. The number of amides is 2. The molecule has 0 aliphatic carbocycles. The van der Waals surface area contributed by atoms with E-state index in [1.165, 1.54) is 0 Å². The van der Waals surface area contributed by atoms with E-state index < -0.39 is 0 Å². The van der Waals surface area contributed by atoms with Gasteiger partial charge in [-0.3, -0.25) is 19.3 Å². The van der Waals surface area contributed by atoms with Gasteiger partial charge in [0.15, 0.2) is 5.69 Å². The average Bonchev–Trinajstić information content (AvgIpc) is 3.04. The first kappa shape index (κ1) is 18.9. The predicted molar refractivity (Wildman–Crippen MR) is 105 cm³/mol. The van der Waals surface area contributed by atoms with Gasteiger partial charge in [0.05, 0.1) is 5.02 Å². The maximum Gasteiger partial charge on any atom is 0.275 e. The number of likely N-dealkylation sites (tertiary alicyclic amines) is 2. The number of rotatable bonds is 3. The minimum atomic E-state index is -0.112. The van der Waals surface area contributed by atoms with Crippen molar-refractivity contribution in [2.24, 2.45) is 12.5 Å². The summed E-state index contributed by atoms with van der Waals surface area (Å²) in [4.78, 5) is 33.1. The molecule has 2 aliphatic rings. The van der Waals surface area contributed by atoms with Gasteiger partial charge >= 0.3 is 0 Å². The van der Waals surface area contributed by atoms with E-state index in [4.69, 9.17) is 11.6 Å². The second-order valence-electron chi connectivity index (χ2n) is 7.90. The zero-order chi connectivity index (χ0) is 19.7. The number of piperidine rings is 2. The summed E-state index contributed by atoms with van der Waals surface area (Å²) in [6, 6.07) is 3.89. The molecule has 148 valence electrons. The molecule has 7 nitrogen and oxygen atoms in total. The lowest BCUT2D eigenvalue weighted by Crippen LogP contribution is -2.52. The van der Waals surface area contributed by atoms with Crippen LogP contribution in [-0.2, 0) is 18.4 Å². The average molecular weight is 402 g/mol. The molecule has 8 heteroatoms. The summed E-state index contributed by atoms with van der Waals surface area (Å²) in [5, 5.41) is 4.58. The van der Waals surface area contributed by atoms with Crippen molar-refractivity contribution in [1.29, 1.82) is 0 Å². The fourth-order valence-corrected chi connectivity index (χ4v) is 4.56. The second kappa shape index (κ2) is 7.54. The van der Waals surface area contributed by atoms with E-state index in [2.05, 4.69) is 10.1 Å². The third kappa shape index (κ3) is 3.76. The molecule has 28 heavy (non-hydrogen) atoms. The normalized spacial score (nSPS) is 19.3. The molecule has 0 aromatic carbocycles. The molecule has 2 aliphatic heterocycles. The molecule has 2 fully saturated rings. The SMILES string of the molecule is Cn1cc(Cl)c(C(=O)N2CCC3(CCC(=O)N(Cc4cccnc4)C3)CC2)n1. The highest BCUT2D eigenvalue weighted by Crippen LogP contribution is 2.41. The van der Waals surface area contributed by atoms with Crippen molar-refractivity contribution in [1.82, 2.24) is 24.6 Å². The Hall–Kier alpha value is -2.41. The summed E-state index contributed by atoms with van der Waals surface area (Å²) in [5.74, 6) is 0.0906. The van der Waals surface area contributed by atoms with Crippen LogP contribution in [-0.4, -0.2) is 56.0 Å². The maximum absolute atomic E-state index is 12.8. The highest BCUT2D eigenvalue weighted by Gasteiger charge is 2.42. The second-order valence-corrected chi connectivity index (χ2v) is 8.31. The van der Waals surface area contributed by atoms with Gasteiger partial charge in [0.25, 0.3) is 5.91 Å². The van der Waals surface area contributed by atoms with Gasteiger partial charge in [0.2, 0.25) is 5.91 Å². The summed E-state index contributed by atoms with van der Waals surface area (Å²) < 4.78 is 1.56. The molecule has 0 bridgehead atoms. The summed E-state index contributed by atoms with van der Waals surface area (Å²) >= 11 is 6.13. The van der Waals surface area contributed by atoms with Gasteiger partial charge in [-0.25, -0.2) is 0 Å². The van der Waals surface area contributed by atoms with Crippen LogP contribution in [0.4, 0.5) is 0 Å². The van der Waals surface area contributed by atoms with E-state index in [-0.39, 0.29) is 17.2 Å². The van der Waals surface area contributed by atoms with Gasteiger partial charge in [-0.05, 0) is 36.3 Å². The summed E-state index contributed by atoms with van der Waals surface area (Å²) in [7, 11) is 1.75. The first-order chi connectivity index (χ1) is 13.5. The van der Waals surface area contributed by atoms with E-state index in [1.807, 2.05) is 28.1 Å². The topological polar surface area (TPSA) is 71.3 Å². The summed E-state index contributed by atoms with van der Waals surface area (Å²) in [5.41, 5.74) is 1.45. The van der Waals surface area contributed by atoms with E-state index in [0.29, 0.717) is 36.8 Å². The Labute approximate surface area is 169 Å². The quantitative estimate of drug-likeness (QED) is 0.792. The number of nitrogens with zero attached hydrogens (tertiary/aromatic N) is 5. The van der Waals surface area contributed by atoms with E-state index >= 15 is 0 Å². The van der Waals surface area contributed by atoms with Crippen LogP contribution in [0.15, 0.2) is 30.7 Å². The standard InChI is InChI=1S/C20H24ClN5O2/c1-24-13-16(21)18(23-24)19(28)25-9-6-20(7-10-25)5-4-17(27)26(14-20)12-15-3-2-8-22-11-15/h2-3,8,11,13H,4-7,9-10,12,14H2,1H3. The Balaban J connectivity index is 1.41. The van der Waals surface area contributed by atoms with Crippen molar-refractivity contribution in [2.75, 3.05) is 19.6 Å². The molecule has 1 spiro atoms. The number of hydrogen-bond donors (Lipinski definition) is 0. The molecule has 2 aromatic heterocycles. The first-order valence-corrected chi connectivity index (χ1v) is 9.99. The zero-order valence-corrected chi connectivity index (χ0v) is 16.7. The number of aromatic nitrogens is 3. The maximum atomic E-state index is 12.8. The van der Waals surface area contributed by atoms with Crippen LogP contribution in [0.2, 0.25) is 5.02 Å². The van der Waals surface area contributed by atoms with Crippen molar-refractivity contribution < 1.29 is 9.59 Å². The van der Waals surface area contributed by atoms with Gasteiger partial charge in [-0.1, -0.05) is 17.7 Å². The molecule has 2 saturated heterocycles. The highest BCUT2D eigenvalue weighted by molar-refractivity contribution is 6.33. The van der Waals surface area contributed by atoms with E-state index in [0.717, 1.165) is 31.4 Å². The monoisotopic (exact) mass is 401 g/mol. The lowest BCUT2D eigenvalue weighted by molar-refractivity contribution is -0.139. The molecular formula is C20H24ClN5O2. The number of carbonyl (C=O) groups excluding carboxylic acids is 2. The van der Waals surface area contributed by atoms with Crippen LogP contribution in [0.3, 0.4) is 0 Å². The molecule has 0 radical (unpaired) electrons. The van der Waals surface area contributed by atoms with Crippen LogP contribution in [0.5, 0.6) is 0 Å².